The van der Waals surface area contributed by atoms with Crippen LogP contribution >= 0.6 is 0 Å². The second-order valence-electron chi connectivity index (χ2n) is 38.6. The number of aromatic nitrogens is 16. The number of nitrogens with zero attached hydrogens (tertiary/aromatic N) is 30. The molecule has 41 nitrogen and oxygen atoms in total. The average molecular weight is 1900 g/mol. The van der Waals surface area contributed by atoms with E-state index >= 15 is 0 Å². The molecule has 2 atom stereocenters. The first-order chi connectivity index (χ1) is 67.2. The Balaban J connectivity index is 0.000000128. The summed E-state index contributed by atoms with van der Waals surface area (Å²) in [5.41, 5.74) is 9.81. The van der Waals surface area contributed by atoms with Crippen molar-refractivity contribution < 1.29 is 23.9 Å². The summed E-state index contributed by atoms with van der Waals surface area (Å²) < 4.78 is 13.3. The normalized spacial score (nSPS) is 18.3. The van der Waals surface area contributed by atoms with Crippen molar-refractivity contribution in [2.24, 2.45) is 0 Å². The number of carbonyl (C=O) groups is 4. The van der Waals surface area contributed by atoms with Gasteiger partial charge in [0.05, 0.1) is 73.8 Å². The van der Waals surface area contributed by atoms with Gasteiger partial charge in [-0.2, -0.15) is 19.9 Å². The average Bonchev–Trinajstić information content (AvgIpc) is 1.63. The van der Waals surface area contributed by atoms with Crippen molar-refractivity contribution in [3.63, 3.8) is 0 Å². The van der Waals surface area contributed by atoms with Crippen LogP contribution in [0.25, 0.3) is 44.1 Å². The molecule has 4 amide bonds. The first-order valence-corrected chi connectivity index (χ1v) is 49.1. The Labute approximate surface area is 812 Å². The minimum absolute atomic E-state index is 0.0416. The van der Waals surface area contributed by atoms with E-state index in [2.05, 4.69) is 187 Å². The van der Waals surface area contributed by atoms with Crippen LogP contribution in [-0.4, -0.2) is 370 Å². The number of carbonyl (C=O) groups excluding carboxylic acids is 4. The zero-order valence-electron chi connectivity index (χ0n) is 83.0. The summed E-state index contributed by atoms with van der Waals surface area (Å²) in [6.07, 6.45) is 24.9. The first-order valence-electron chi connectivity index (χ1n) is 49.1. The van der Waals surface area contributed by atoms with Gasteiger partial charge in [-0.05, 0) is 172 Å². The molecule has 0 aliphatic carbocycles. The van der Waals surface area contributed by atoms with Gasteiger partial charge in [0.1, 0.15) is 46.0 Å². The number of amides is 4. The molecule has 0 unspecified atom stereocenters. The topological polar surface area (TPSA) is 369 Å². The van der Waals surface area contributed by atoms with Gasteiger partial charge in [0.25, 0.3) is 23.6 Å². The molecule has 8 fully saturated rings. The van der Waals surface area contributed by atoms with Gasteiger partial charge in [0.15, 0.2) is 22.6 Å². The van der Waals surface area contributed by atoms with E-state index in [1.165, 1.54) is 19.3 Å². The highest BCUT2D eigenvalue weighted by atomic mass is 16.5. The molecule has 12 aromatic rings. The Morgan fingerprint density at radius 3 is 0.971 bits per heavy atom. The second kappa shape index (κ2) is 43.6. The van der Waals surface area contributed by atoms with Crippen LogP contribution in [0.4, 0.5) is 69.8 Å². The molecule has 738 valence electrons. The highest BCUT2D eigenvalue weighted by Gasteiger charge is 2.33. The summed E-state index contributed by atoms with van der Waals surface area (Å²) in [4.78, 5) is 128. The molecule has 12 aromatic heterocycles. The van der Waals surface area contributed by atoms with E-state index < -0.39 is 0 Å². The van der Waals surface area contributed by atoms with E-state index in [0.29, 0.717) is 114 Å². The summed E-state index contributed by atoms with van der Waals surface area (Å²) in [7, 11) is 16.3. The molecule has 20 rings (SSSR count). The molecular formula is C98H136N36O5. The van der Waals surface area contributed by atoms with Gasteiger partial charge in [0, 0.05) is 245 Å². The second-order valence-corrected chi connectivity index (χ2v) is 38.6. The minimum Gasteiger partial charge on any atom is -0.378 e. The molecule has 0 bridgehead atoms. The van der Waals surface area contributed by atoms with Gasteiger partial charge in [-0.25, -0.2) is 58.6 Å². The fraction of sp³-hybridized carbons (Fsp3) is 0.510. The molecule has 0 saturated carbocycles. The van der Waals surface area contributed by atoms with Crippen molar-refractivity contribution in [3.8, 4) is 0 Å². The maximum absolute atomic E-state index is 13.0. The van der Waals surface area contributed by atoms with Crippen LogP contribution in [0.15, 0.2) is 122 Å². The summed E-state index contributed by atoms with van der Waals surface area (Å²) in [6, 6.07) is 24.6. The predicted molar refractivity (Wildman–Crippen MR) is 549 cm³/mol. The Hall–Kier alpha value is -13.6. The highest BCUT2D eigenvalue weighted by molar-refractivity contribution is 6.01. The molecule has 41 heteroatoms. The molecule has 8 aliphatic heterocycles. The van der Waals surface area contributed by atoms with Crippen LogP contribution in [0, 0.1) is 0 Å². The SMILES string of the molecule is CCN1CCN(c2ccc(Nc3ncc4cc(C(=O)N(C)C)n(N5CCCCC5)c4n3)nc2)CC1.CN(C)C(=O)c1cc2cnc(Nc3ccc(N4CCNC(C)(C)C4)cn3)nc2n1N1CCCCC1.CN1CCN(c2ccc(Nc3ncc4cc(C(=O)N(C)C)n(N5CCOCC5)c4n3)nc2)CC1.C[C@@H]1CN(c2ccc(Nc3ncc4cc(C(=O)N(C)C)n(N5CCCCC5)c4n3)nc2)C[C@H](C)N1. The smallest absolute Gasteiger partial charge is 0.272 e. The lowest BCUT2D eigenvalue weighted by Crippen LogP contribution is -2.57. The fourth-order valence-electron chi connectivity index (χ4n) is 19.1. The van der Waals surface area contributed by atoms with E-state index in [1.807, 2.05) is 92.0 Å². The van der Waals surface area contributed by atoms with E-state index in [9.17, 15) is 19.2 Å². The number of nitrogens with one attached hydrogen (secondary N) is 6. The van der Waals surface area contributed by atoms with E-state index in [-0.39, 0.29) is 29.2 Å². The van der Waals surface area contributed by atoms with Gasteiger partial charge in [-0.1, -0.05) is 6.92 Å². The summed E-state index contributed by atoms with van der Waals surface area (Å²) in [6.45, 7) is 33.2. The maximum atomic E-state index is 13.0. The number of morpholine rings is 1. The minimum atomic E-state index is -0.0832. The number of anilines is 12. The summed E-state index contributed by atoms with van der Waals surface area (Å²) in [5.74, 6) is 4.34. The Morgan fingerprint density at radius 2 is 0.676 bits per heavy atom. The largest absolute Gasteiger partial charge is 0.378 e. The lowest BCUT2D eigenvalue weighted by molar-refractivity contribution is 0.0803. The molecular weight excluding hydrogens is 1760 g/mol. The molecule has 139 heavy (non-hydrogen) atoms. The van der Waals surface area contributed by atoms with Gasteiger partial charge >= 0.3 is 0 Å². The van der Waals surface area contributed by atoms with Gasteiger partial charge in [-0.15, -0.1) is 0 Å². The Bertz CT molecular complexity index is 6000. The Kier molecular flexibility index (Phi) is 30.4. The number of likely N-dealkylation sites (N-methyl/N-ethyl adjacent to an activating group) is 2. The first kappa shape index (κ1) is 97.0. The van der Waals surface area contributed by atoms with Crippen molar-refractivity contribution >= 4 is 138 Å². The lowest BCUT2D eigenvalue weighted by atomic mass is 10.0. The number of pyridine rings is 4. The molecule has 20 heterocycles. The van der Waals surface area contributed by atoms with Crippen LogP contribution in [0.5, 0.6) is 0 Å². The fourth-order valence-corrected chi connectivity index (χ4v) is 19.1. The lowest BCUT2D eigenvalue weighted by Gasteiger charge is -2.40. The Morgan fingerprint density at radius 1 is 0.374 bits per heavy atom. The van der Waals surface area contributed by atoms with E-state index in [4.69, 9.17) is 24.7 Å². The molecule has 8 saturated heterocycles. The third-order valence-corrected chi connectivity index (χ3v) is 26.5. The van der Waals surface area contributed by atoms with Crippen molar-refractivity contribution in [1.29, 1.82) is 0 Å². The standard InChI is InChI=1S/3C25H35N9O.C23H31N9O2/c1-25(2)17-32(13-10-28-25)19-8-9-21(26-16-19)29-24-27-15-18-14-20(23(35)31(3)4)34(22(18)30-24)33-11-6-5-7-12-33;1-17-15-32(16-18(2)28-17)20-8-9-22(26-14-20)29-25-27-13-19-12-21(24(35)31(3)4)34(23(19)30-25)33-10-6-5-7-11-33;1-4-31-12-14-32(15-13-31)20-8-9-22(26-18-20)28-25-27-17-19-16-21(24(35)30(2)3)34(23(19)29-25)33-10-6-5-7-11-33;1-28(2)22(33)19-14-17-15-25-23(27-21(17)32(19)31-10-12-34-13-11-31)26-20-5-4-18(16-24-20)30-8-6-29(3)7-9-30/h8-9,14-16,28H,5-7,10-13,17H2,1-4H3,(H,26,27,29,30);8-9,12-14,17-18,28H,5-7,10-11,15-16H2,1-4H3,(H,26,27,29,30);8-9,16-18H,4-7,10-15H2,1-3H3,(H,26,27,28,29);4-5,14-16H,6-13H2,1-3H3,(H,24,25,26,27)/t;17-,18+;;. The molecule has 0 radical (unpaired) electrons. The molecule has 0 aromatic carbocycles. The zero-order chi connectivity index (χ0) is 97.1. The summed E-state index contributed by atoms with van der Waals surface area (Å²) >= 11 is 0. The third-order valence-electron chi connectivity index (χ3n) is 26.5. The number of rotatable bonds is 21. The third kappa shape index (κ3) is 23.0. The summed E-state index contributed by atoms with van der Waals surface area (Å²) in [5, 5.41) is 32.2. The van der Waals surface area contributed by atoms with Gasteiger partial charge < -0.3 is 106 Å². The maximum Gasteiger partial charge on any atom is 0.272 e. The number of ether oxygens (including phenoxy) is 1. The number of fused-ring (bicyclic) bond motifs is 4. The molecule has 0 spiro atoms. The number of hydrogen-bond donors (Lipinski definition) is 6. The quantitative estimate of drug-likeness (QED) is 0.0391. The monoisotopic (exact) mass is 1900 g/mol. The number of hydrogen-bond acceptors (Lipinski definition) is 33. The predicted octanol–water partition coefficient (Wildman–Crippen LogP) is 8.69. The van der Waals surface area contributed by atoms with Gasteiger partial charge in [-0.3, -0.25) is 19.2 Å². The highest BCUT2D eigenvalue weighted by Crippen LogP contribution is 2.33. The van der Waals surface area contributed by atoms with Crippen molar-refractivity contribution in [2.45, 2.75) is 110 Å². The van der Waals surface area contributed by atoms with Crippen LogP contribution in [-0.2, 0) is 4.74 Å². The van der Waals surface area contributed by atoms with Crippen molar-refractivity contribution in [2.75, 3.05) is 282 Å². The van der Waals surface area contributed by atoms with Crippen molar-refractivity contribution in [1.82, 2.24) is 119 Å². The van der Waals surface area contributed by atoms with Crippen LogP contribution in [0.2, 0.25) is 0 Å². The van der Waals surface area contributed by atoms with E-state index in [1.54, 1.807) is 101 Å². The molecule has 8 aliphatic rings. The van der Waals surface area contributed by atoms with Gasteiger partial charge in [0.2, 0.25) is 23.8 Å². The number of piperidine rings is 3. The number of piperazine rings is 4. The van der Waals surface area contributed by atoms with Crippen molar-refractivity contribution in [3.05, 3.63) is 145 Å². The molecule has 6 N–H and O–H groups in total. The van der Waals surface area contributed by atoms with Crippen LogP contribution < -0.4 is 71.5 Å². The van der Waals surface area contributed by atoms with E-state index in [0.717, 1.165) is 231 Å². The van der Waals surface area contributed by atoms with Crippen LogP contribution in [0.1, 0.15) is 134 Å². The van der Waals surface area contributed by atoms with Crippen LogP contribution in [0.3, 0.4) is 0 Å². The zero-order valence-corrected chi connectivity index (χ0v) is 83.0.